The summed E-state index contributed by atoms with van der Waals surface area (Å²) in [5.41, 5.74) is 5.20. The number of hydrogen-bond donors (Lipinski definition) is 2. The quantitative estimate of drug-likeness (QED) is 0.720. The molecule has 0 saturated heterocycles. The van der Waals surface area contributed by atoms with Crippen LogP contribution >= 0.6 is 0 Å². The van der Waals surface area contributed by atoms with Crippen molar-refractivity contribution >= 4 is 5.91 Å². The molecule has 2 atom stereocenters. The van der Waals surface area contributed by atoms with E-state index in [4.69, 9.17) is 5.73 Å². The first-order chi connectivity index (χ1) is 8.90. The van der Waals surface area contributed by atoms with Crippen molar-refractivity contribution in [1.29, 1.82) is 0 Å². The summed E-state index contributed by atoms with van der Waals surface area (Å²) in [5, 5.41) is 3.30. The highest BCUT2D eigenvalue weighted by atomic mass is 16.1. The second kappa shape index (κ2) is 7.41. The van der Waals surface area contributed by atoms with Crippen LogP contribution in [0.2, 0.25) is 0 Å². The molecule has 1 amide bonds. The predicted octanol–water partition coefficient (Wildman–Crippen LogP) is 2.37. The number of nitrogens with zero attached hydrogens (tertiary/aromatic N) is 1. The van der Waals surface area contributed by atoms with Crippen LogP contribution in [0.5, 0.6) is 0 Å². The molecular formula is C16H35N3O. The van der Waals surface area contributed by atoms with Crippen molar-refractivity contribution in [3.05, 3.63) is 0 Å². The van der Waals surface area contributed by atoms with E-state index < -0.39 is 5.54 Å². The zero-order valence-electron chi connectivity index (χ0n) is 14.7. The first-order valence-corrected chi connectivity index (χ1v) is 7.68. The monoisotopic (exact) mass is 285 g/mol. The number of amides is 1. The minimum Gasteiger partial charge on any atom is -0.368 e. The van der Waals surface area contributed by atoms with Crippen molar-refractivity contribution < 1.29 is 4.79 Å². The van der Waals surface area contributed by atoms with E-state index in [-0.39, 0.29) is 17.4 Å². The maximum Gasteiger partial charge on any atom is 0.237 e. The summed E-state index contributed by atoms with van der Waals surface area (Å²) in [6.07, 6.45) is 1.72. The fraction of sp³-hybridized carbons (Fsp3) is 0.938. The molecule has 0 rings (SSSR count). The number of nitrogens with two attached hydrogens (primary N) is 1. The molecular weight excluding hydrogens is 250 g/mol. The second-order valence-corrected chi connectivity index (χ2v) is 7.62. The van der Waals surface area contributed by atoms with Gasteiger partial charge in [0.05, 0.1) is 5.54 Å². The lowest BCUT2D eigenvalue weighted by Gasteiger charge is -2.36. The van der Waals surface area contributed by atoms with Gasteiger partial charge in [-0.15, -0.1) is 0 Å². The Morgan fingerprint density at radius 1 is 1.20 bits per heavy atom. The van der Waals surface area contributed by atoms with E-state index >= 15 is 0 Å². The Hall–Kier alpha value is -0.610. The van der Waals surface area contributed by atoms with Gasteiger partial charge in [-0.2, -0.15) is 0 Å². The molecule has 0 bridgehead atoms. The third kappa shape index (κ3) is 6.23. The molecule has 120 valence electrons. The number of nitrogens with one attached hydrogen (secondary N) is 1. The smallest absolute Gasteiger partial charge is 0.237 e. The summed E-state index contributed by atoms with van der Waals surface area (Å²) in [7, 11) is 2.15. The SMILES string of the molecule is CC(C)NC(C)(CCCN(C)C(C)C(C)(C)C)C(N)=O. The van der Waals surface area contributed by atoms with Crippen LogP contribution in [0.15, 0.2) is 0 Å². The Morgan fingerprint density at radius 3 is 2.05 bits per heavy atom. The summed E-state index contributed by atoms with van der Waals surface area (Å²) in [6, 6.07) is 0.749. The van der Waals surface area contributed by atoms with Gasteiger partial charge in [-0.05, 0) is 59.5 Å². The summed E-state index contributed by atoms with van der Waals surface area (Å²) in [5.74, 6) is -0.266. The van der Waals surface area contributed by atoms with Gasteiger partial charge in [0.1, 0.15) is 0 Å². The zero-order valence-corrected chi connectivity index (χ0v) is 14.7. The summed E-state index contributed by atoms with van der Waals surface area (Å²) >= 11 is 0. The van der Waals surface area contributed by atoms with Gasteiger partial charge in [0, 0.05) is 12.1 Å². The van der Waals surface area contributed by atoms with E-state index in [0.717, 1.165) is 19.4 Å². The Morgan fingerprint density at radius 2 is 1.70 bits per heavy atom. The number of primary amides is 1. The van der Waals surface area contributed by atoms with E-state index in [2.05, 4.69) is 45.0 Å². The molecule has 3 N–H and O–H groups in total. The van der Waals surface area contributed by atoms with Gasteiger partial charge in [0.25, 0.3) is 0 Å². The molecule has 0 aromatic rings. The molecule has 0 aliphatic rings. The van der Waals surface area contributed by atoms with Crippen LogP contribution in [0, 0.1) is 5.41 Å². The molecule has 0 saturated carbocycles. The average Bonchev–Trinajstić information content (AvgIpc) is 2.25. The minimum absolute atomic E-state index is 0.249. The Bertz CT molecular complexity index is 309. The lowest BCUT2D eigenvalue weighted by molar-refractivity contribution is -0.124. The standard InChI is InChI=1S/C16H35N3O/c1-12(2)18-16(7,14(17)20)10-9-11-19(8)13(3)15(4,5)6/h12-13,18H,9-11H2,1-8H3,(H2,17,20). The molecule has 0 spiro atoms. The van der Waals surface area contributed by atoms with Gasteiger partial charge in [0.15, 0.2) is 0 Å². The van der Waals surface area contributed by atoms with Gasteiger partial charge in [-0.1, -0.05) is 20.8 Å². The highest BCUT2D eigenvalue weighted by Crippen LogP contribution is 2.23. The number of carbonyl (C=O) groups excluding carboxylic acids is 1. The fourth-order valence-corrected chi connectivity index (χ4v) is 2.44. The molecule has 0 aliphatic heterocycles. The first-order valence-electron chi connectivity index (χ1n) is 7.68. The van der Waals surface area contributed by atoms with Crippen LogP contribution in [0.3, 0.4) is 0 Å². The average molecular weight is 285 g/mol. The molecule has 4 heteroatoms. The van der Waals surface area contributed by atoms with Crippen molar-refractivity contribution in [1.82, 2.24) is 10.2 Å². The highest BCUT2D eigenvalue weighted by Gasteiger charge is 2.31. The molecule has 0 radical (unpaired) electrons. The fourth-order valence-electron chi connectivity index (χ4n) is 2.44. The zero-order chi connectivity index (χ0) is 16.1. The lowest BCUT2D eigenvalue weighted by Crippen LogP contribution is -2.55. The van der Waals surface area contributed by atoms with E-state index in [1.165, 1.54) is 0 Å². The summed E-state index contributed by atoms with van der Waals surface area (Å²) in [4.78, 5) is 14.0. The van der Waals surface area contributed by atoms with Crippen molar-refractivity contribution in [3.8, 4) is 0 Å². The van der Waals surface area contributed by atoms with Gasteiger partial charge >= 0.3 is 0 Å². The normalized spacial score (nSPS) is 17.3. The van der Waals surface area contributed by atoms with Gasteiger partial charge in [-0.3, -0.25) is 4.79 Å². The molecule has 2 unspecified atom stereocenters. The van der Waals surface area contributed by atoms with E-state index in [1.54, 1.807) is 0 Å². The van der Waals surface area contributed by atoms with Crippen LogP contribution in [0.4, 0.5) is 0 Å². The lowest BCUT2D eigenvalue weighted by atomic mass is 9.87. The maximum absolute atomic E-state index is 11.7. The van der Waals surface area contributed by atoms with E-state index in [1.807, 2.05) is 20.8 Å². The van der Waals surface area contributed by atoms with Gasteiger partial charge in [-0.25, -0.2) is 0 Å². The highest BCUT2D eigenvalue weighted by molar-refractivity contribution is 5.84. The molecule has 20 heavy (non-hydrogen) atoms. The Labute approximate surface area is 125 Å². The molecule has 0 aliphatic carbocycles. The van der Waals surface area contributed by atoms with Gasteiger partial charge < -0.3 is 16.0 Å². The summed E-state index contributed by atoms with van der Waals surface area (Å²) in [6.45, 7) is 16.0. The van der Waals surface area contributed by atoms with Crippen LogP contribution < -0.4 is 11.1 Å². The maximum atomic E-state index is 11.7. The molecule has 0 aromatic heterocycles. The Balaban J connectivity index is 4.42. The number of hydrogen-bond acceptors (Lipinski definition) is 3. The third-order valence-electron chi connectivity index (χ3n) is 4.25. The van der Waals surface area contributed by atoms with Crippen LogP contribution in [0.25, 0.3) is 0 Å². The second-order valence-electron chi connectivity index (χ2n) is 7.62. The van der Waals surface area contributed by atoms with Crippen molar-refractivity contribution in [3.63, 3.8) is 0 Å². The predicted molar refractivity (Wildman–Crippen MR) is 86.7 cm³/mol. The molecule has 4 nitrogen and oxygen atoms in total. The molecule has 0 heterocycles. The van der Waals surface area contributed by atoms with Crippen LogP contribution in [0.1, 0.15) is 61.3 Å². The number of rotatable bonds is 8. The molecule has 0 aromatic carbocycles. The Kier molecular flexibility index (Phi) is 7.19. The first kappa shape index (κ1) is 19.4. The van der Waals surface area contributed by atoms with Crippen molar-refractivity contribution in [2.24, 2.45) is 11.1 Å². The van der Waals surface area contributed by atoms with Crippen LogP contribution in [-0.4, -0.2) is 42.0 Å². The topological polar surface area (TPSA) is 58.4 Å². The van der Waals surface area contributed by atoms with Crippen molar-refractivity contribution in [2.75, 3.05) is 13.6 Å². The van der Waals surface area contributed by atoms with E-state index in [9.17, 15) is 4.79 Å². The largest absolute Gasteiger partial charge is 0.368 e. The van der Waals surface area contributed by atoms with Gasteiger partial charge in [0.2, 0.25) is 5.91 Å². The number of carbonyl (C=O) groups is 1. The third-order valence-corrected chi connectivity index (χ3v) is 4.25. The minimum atomic E-state index is -0.611. The van der Waals surface area contributed by atoms with Crippen molar-refractivity contribution in [2.45, 2.75) is 78.9 Å². The molecule has 0 fully saturated rings. The van der Waals surface area contributed by atoms with Crippen LogP contribution in [-0.2, 0) is 4.79 Å². The summed E-state index contributed by atoms with van der Waals surface area (Å²) < 4.78 is 0. The van der Waals surface area contributed by atoms with E-state index in [0.29, 0.717) is 6.04 Å².